The molecule has 0 radical (unpaired) electrons. The zero-order valence-corrected chi connectivity index (χ0v) is 24.7. The lowest BCUT2D eigenvalue weighted by Crippen LogP contribution is -1.96. The van der Waals surface area contributed by atoms with E-state index in [4.69, 9.17) is 19.9 Å². The molecular formula is C41H25N5. The molecule has 0 fully saturated rings. The van der Waals surface area contributed by atoms with Gasteiger partial charge in [-0.25, -0.2) is 19.9 Å². The van der Waals surface area contributed by atoms with Gasteiger partial charge >= 0.3 is 0 Å². The van der Waals surface area contributed by atoms with Gasteiger partial charge in [0.1, 0.15) is 0 Å². The smallest absolute Gasteiger partial charge is 0.0973 e. The topological polar surface area (TPSA) is 64.5 Å². The Morgan fingerprint density at radius 3 is 1.65 bits per heavy atom. The van der Waals surface area contributed by atoms with E-state index in [-0.39, 0.29) is 0 Å². The van der Waals surface area contributed by atoms with Gasteiger partial charge in [0.15, 0.2) is 0 Å². The van der Waals surface area contributed by atoms with Gasteiger partial charge in [-0.05, 0) is 59.3 Å². The van der Waals surface area contributed by atoms with Crippen LogP contribution in [0.5, 0.6) is 0 Å². The van der Waals surface area contributed by atoms with Crippen LogP contribution in [-0.4, -0.2) is 24.9 Å². The van der Waals surface area contributed by atoms with Crippen LogP contribution in [0.15, 0.2) is 152 Å². The number of rotatable bonds is 4. The molecule has 0 bridgehead atoms. The van der Waals surface area contributed by atoms with Crippen LogP contribution in [0, 0.1) is 0 Å². The van der Waals surface area contributed by atoms with E-state index in [1.165, 1.54) is 10.8 Å². The molecule has 9 aromatic rings. The van der Waals surface area contributed by atoms with Gasteiger partial charge in [-0.15, -0.1) is 0 Å². The minimum absolute atomic E-state index is 0.825. The fourth-order valence-electron chi connectivity index (χ4n) is 6.15. The first-order valence-electron chi connectivity index (χ1n) is 15.3. The van der Waals surface area contributed by atoms with Gasteiger partial charge in [-0.1, -0.05) is 97.1 Å². The average molecular weight is 588 g/mol. The van der Waals surface area contributed by atoms with Crippen molar-refractivity contribution in [2.75, 3.05) is 0 Å². The maximum atomic E-state index is 5.19. The van der Waals surface area contributed by atoms with Gasteiger partial charge < -0.3 is 0 Å². The van der Waals surface area contributed by atoms with E-state index in [2.05, 4.69) is 102 Å². The van der Waals surface area contributed by atoms with Gasteiger partial charge in [0, 0.05) is 33.7 Å². The molecule has 0 aliphatic carbocycles. The number of para-hydroxylation sites is 2. The molecule has 5 aromatic carbocycles. The van der Waals surface area contributed by atoms with Crippen molar-refractivity contribution in [2.24, 2.45) is 0 Å². The van der Waals surface area contributed by atoms with Crippen molar-refractivity contribution in [3.05, 3.63) is 152 Å². The van der Waals surface area contributed by atoms with Crippen LogP contribution < -0.4 is 0 Å². The molecule has 5 heteroatoms. The molecule has 0 unspecified atom stereocenters. The second kappa shape index (κ2) is 10.7. The highest BCUT2D eigenvalue weighted by Crippen LogP contribution is 2.35. The van der Waals surface area contributed by atoms with Crippen molar-refractivity contribution in [1.82, 2.24) is 24.9 Å². The number of hydrogen-bond donors (Lipinski definition) is 0. The number of pyridine rings is 3. The van der Waals surface area contributed by atoms with E-state index in [0.29, 0.717) is 0 Å². The SMILES string of the molecule is c1ccc(-c2ccc3ccc4ccc(-c5cccc(-c6nc7ccccc7nc6-c6ccc7ccccc7c6)c5)nc4c3n2)nc1. The minimum Gasteiger partial charge on any atom is -0.255 e. The number of benzene rings is 5. The summed E-state index contributed by atoms with van der Waals surface area (Å²) in [6, 6.07) is 49.7. The molecule has 5 nitrogen and oxygen atoms in total. The van der Waals surface area contributed by atoms with Crippen LogP contribution in [0.1, 0.15) is 0 Å². The maximum absolute atomic E-state index is 5.19. The Balaban J connectivity index is 1.20. The number of fused-ring (bicyclic) bond motifs is 5. The molecule has 0 saturated carbocycles. The molecule has 9 rings (SSSR count). The molecule has 0 amide bonds. The van der Waals surface area contributed by atoms with Gasteiger partial charge in [-0.3, -0.25) is 4.98 Å². The normalized spacial score (nSPS) is 11.5. The van der Waals surface area contributed by atoms with Crippen LogP contribution in [0.25, 0.3) is 88.8 Å². The Kier molecular flexibility index (Phi) is 6.06. The van der Waals surface area contributed by atoms with E-state index in [9.17, 15) is 0 Å². The van der Waals surface area contributed by atoms with Gasteiger partial charge in [0.05, 0.1) is 50.5 Å². The lowest BCUT2D eigenvalue weighted by atomic mass is 9.98. The van der Waals surface area contributed by atoms with Crippen LogP contribution in [0.4, 0.5) is 0 Å². The quantitative estimate of drug-likeness (QED) is 0.192. The first-order valence-corrected chi connectivity index (χ1v) is 15.3. The third kappa shape index (κ3) is 4.54. The Labute approximate surface area is 264 Å². The average Bonchev–Trinajstić information content (AvgIpc) is 3.14. The Morgan fingerprint density at radius 1 is 0.326 bits per heavy atom. The van der Waals surface area contributed by atoms with Crippen LogP contribution in [0.2, 0.25) is 0 Å². The molecule has 4 heterocycles. The zero-order chi connectivity index (χ0) is 30.5. The second-order valence-corrected chi connectivity index (χ2v) is 11.4. The molecule has 0 saturated heterocycles. The van der Waals surface area contributed by atoms with E-state index >= 15 is 0 Å². The summed E-state index contributed by atoms with van der Waals surface area (Å²) >= 11 is 0. The fraction of sp³-hybridized carbons (Fsp3) is 0. The molecule has 0 spiro atoms. The Morgan fingerprint density at radius 2 is 0.913 bits per heavy atom. The summed E-state index contributed by atoms with van der Waals surface area (Å²) in [7, 11) is 0. The highest BCUT2D eigenvalue weighted by molar-refractivity contribution is 6.04. The van der Waals surface area contributed by atoms with Crippen molar-refractivity contribution in [3.8, 4) is 45.2 Å². The first kappa shape index (κ1) is 26.1. The van der Waals surface area contributed by atoms with Crippen molar-refractivity contribution < 1.29 is 0 Å². The van der Waals surface area contributed by atoms with Gasteiger partial charge in [0.25, 0.3) is 0 Å². The molecule has 214 valence electrons. The predicted octanol–water partition coefficient (Wildman–Crippen LogP) is 9.94. The largest absolute Gasteiger partial charge is 0.255 e. The Hall–Kier alpha value is -6.33. The Bertz CT molecular complexity index is 2600. The summed E-state index contributed by atoms with van der Waals surface area (Å²) in [6.45, 7) is 0. The summed E-state index contributed by atoms with van der Waals surface area (Å²) in [5.41, 5.74) is 10.7. The summed E-state index contributed by atoms with van der Waals surface area (Å²) < 4.78 is 0. The predicted molar refractivity (Wildman–Crippen MR) is 187 cm³/mol. The van der Waals surface area contributed by atoms with E-state index in [0.717, 1.165) is 78.0 Å². The van der Waals surface area contributed by atoms with Crippen molar-refractivity contribution in [3.63, 3.8) is 0 Å². The zero-order valence-electron chi connectivity index (χ0n) is 24.7. The van der Waals surface area contributed by atoms with Crippen molar-refractivity contribution >= 4 is 43.6 Å². The van der Waals surface area contributed by atoms with E-state index in [1.807, 2.05) is 48.5 Å². The van der Waals surface area contributed by atoms with Crippen LogP contribution >= 0.6 is 0 Å². The third-order valence-electron chi connectivity index (χ3n) is 8.47. The number of aromatic nitrogens is 5. The van der Waals surface area contributed by atoms with Crippen molar-refractivity contribution in [2.45, 2.75) is 0 Å². The molecule has 0 aliphatic rings. The standard InChI is InChI=1S/C41H25N5/c1-2-9-29-24-32(18-15-26(29)8-1)41-40(44-35-13-3-4-14-36(35)45-41)31-11-7-10-30(25-31)33-21-19-27-16-17-28-20-22-37(34-12-5-6-23-42-34)46-39(28)38(27)43-33/h1-25H. The number of hydrogen-bond acceptors (Lipinski definition) is 5. The van der Waals surface area contributed by atoms with Gasteiger partial charge in [-0.2, -0.15) is 0 Å². The highest BCUT2D eigenvalue weighted by atomic mass is 14.8. The van der Waals surface area contributed by atoms with E-state index in [1.54, 1.807) is 6.20 Å². The number of nitrogens with zero attached hydrogens (tertiary/aromatic N) is 5. The highest BCUT2D eigenvalue weighted by Gasteiger charge is 2.16. The summed E-state index contributed by atoms with van der Waals surface area (Å²) in [6.07, 6.45) is 1.79. The summed E-state index contributed by atoms with van der Waals surface area (Å²) in [5.74, 6) is 0. The monoisotopic (exact) mass is 587 g/mol. The maximum Gasteiger partial charge on any atom is 0.0973 e. The summed E-state index contributed by atoms with van der Waals surface area (Å²) in [5, 5.41) is 4.44. The van der Waals surface area contributed by atoms with Crippen LogP contribution in [-0.2, 0) is 0 Å². The van der Waals surface area contributed by atoms with Crippen molar-refractivity contribution in [1.29, 1.82) is 0 Å². The molecular weight excluding hydrogens is 562 g/mol. The molecule has 0 atom stereocenters. The lowest BCUT2D eigenvalue weighted by molar-refractivity contribution is 1.27. The summed E-state index contributed by atoms with van der Waals surface area (Å²) in [4.78, 5) is 25.0. The molecule has 0 aliphatic heterocycles. The van der Waals surface area contributed by atoms with Crippen LogP contribution in [0.3, 0.4) is 0 Å². The second-order valence-electron chi connectivity index (χ2n) is 11.4. The van der Waals surface area contributed by atoms with E-state index < -0.39 is 0 Å². The molecule has 0 N–H and O–H groups in total. The van der Waals surface area contributed by atoms with Gasteiger partial charge in [0.2, 0.25) is 0 Å². The molecule has 4 aromatic heterocycles. The fourth-order valence-corrected chi connectivity index (χ4v) is 6.15. The molecule has 46 heavy (non-hydrogen) atoms. The minimum atomic E-state index is 0.825. The third-order valence-corrected chi connectivity index (χ3v) is 8.47. The first-order chi connectivity index (χ1) is 22.8. The lowest BCUT2D eigenvalue weighted by Gasteiger charge is -2.13.